The number of Topliss-reactive ketones (excluding diaryl/α,β-unsaturated/α-hetero) is 1. The Labute approximate surface area is 207 Å². The summed E-state index contributed by atoms with van der Waals surface area (Å²) in [5.41, 5.74) is 7.81. The Morgan fingerprint density at radius 3 is 2.26 bits per heavy atom. The third-order valence-corrected chi connectivity index (χ3v) is 7.50. The van der Waals surface area contributed by atoms with Crippen LogP contribution >= 0.6 is 0 Å². The maximum absolute atomic E-state index is 13.6. The zero-order valence-electron chi connectivity index (χ0n) is 20.5. The van der Waals surface area contributed by atoms with Gasteiger partial charge in [0.2, 0.25) is 0 Å². The molecule has 2 aliphatic rings. The van der Waals surface area contributed by atoms with Gasteiger partial charge in [0.15, 0.2) is 5.78 Å². The molecule has 0 aromatic heterocycles. The summed E-state index contributed by atoms with van der Waals surface area (Å²) >= 11 is 0. The average Bonchev–Trinajstić information content (AvgIpc) is 2.87. The maximum atomic E-state index is 13.6. The molecule has 4 aromatic rings. The summed E-state index contributed by atoms with van der Waals surface area (Å²) in [7, 11) is 2.08. The fraction of sp³-hybridized carbons (Fsp3) is 0.219. The Morgan fingerprint density at radius 2 is 1.49 bits per heavy atom. The van der Waals surface area contributed by atoms with Crippen LogP contribution in [-0.2, 0) is 4.79 Å². The molecule has 1 heterocycles. The molecule has 1 aliphatic carbocycles. The van der Waals surface area contributed by atoms with E-state index in [9.17, 15) is 4.79 Å². The van der Waals surface area contributed by atoms with E-state index in [0.29, 0.717) is 6.42 Å². The van der Waals surface area contributed by atoms with Crippen LogP contribution < -0.4 is 10.2 Å². The van der Waals surface area contributed by atoms with Gasteiger partial charge in [-0.15, -0.1) is 0 Å². The second-order valence-electron chi connectivity index (χ2n) is 10.6. The Hall–Kier alpha value is -3.85. The molecule has 0 saturated carbocycles. The van der Waals surface area contributed by atoms with E-state index in [1.165, 1.54) is 21.9 Å². The van der Waals surface area contributed by atoms with Crippen molar-refractivity contribution in [3.8, 4) is 0 Å². The van der Waals surface area contributed by atoms with Gasteiger partial charge in [0, 0.05) is 41.7 Å². The van der Waals surface area contributed by atoms with Crippen LogP contribution in [0.4, 0.5) is 17.1 Å². The van der Waals surface area contributed by atoms with Crippen LogP contribution in [0.2, 0.25) is 0 Å². The summed E-state index contributed by atoms with van der Waals surface area (Å²) in [6, 6.07) is 31.7. The summed E-state index contributed by atoms with van der Waals surface area (Å²) < 4.78 is 0. The molecule has 4 aromatic carbocycles. The average molecular weight is 459 g/mol. The molecule has 0 saturated heterocycles. The molecule has 174 valence electrons. The highest BCUT2D eigenvalue weighted by molar-refractivity contribution is 6.12. The van der Waals surface area contributed by atoms with E-state index in [1.807, 2.05) is 6.07 Å². The summed E-state index contributed by atoms with van der Waals surface area (Å²) in [5, 5.41) is 6.18. The van der Waals surface area contributed by atoms with Crippen molar-refractivity contribution in [2.45, 2.75) is 32.7 Å². The number of nitrogens with one attached hydrogen (secondary N) is 1. The molecule has 0 radical (unpaired) electrons. The lowest BCUT2D eigenvalue weighted by atomic mass is 9.68. The number of carbonyl (C=O) groups is 1. The van der Waals surface area contributed by atoms with Crippen LogP contribution in [0.5, 0.6) is 0 Å². The number of anilines is 3. The topological polar surface area (TPSA) is 32.3 Å². The number of carbonyl (C=O) groups excluding carboxylic acids is 1. The molecule has 6 rings (SSSR count). The molecule has 1 N–H and O–H groups in total. The van der Waals surface area contributed by atoms with Gasteiger partial charge < -0.3 is 10.2 Å². The molecule has 3 heteroatoms. The number of hydrogen-bond acceptors (Lipinski definition) is 3. The van der Waals surface area contributed by atoms with Crippen molar-refractivity contribution in [2.75, 3.05) is 17.3 Å². The van der Waals surface area contributed by atoms with Gasteiger partial charge in [-0.05, 0) is 64.1 Å². The normalized spacial score (nSPS) is 18.6. The van der Waals surface area contributed by atoms with Crippen molar-refractivity contribution in [3.63, 3.8) is 0 Å². The first-order valence-corrected chi connectivity index (χ1v) is 12.3. The quantitative estimate of drug-likeness (QED) is 0.338. The monoisotopic (exact) mass is 458 g/mol. The van der Waals surface area contributed by atoms with Gasteiger partial charge in [-0.25, -0.2) is 0 Å². The number of para-hydroxylation sites is 1. The molecular weight excluding hydrogens is 428 g/mol. The van der Waals surface area contributed by atoms with E-state index in [0.717, 1.165) is 34.6 Å². The lowest BCUT2D eigenvalue weighted by molar-refractivity contribution is -0.118. The van der Waals surface area contributed by atoms with E-state index in [4.69, 9.17) is 0 Å². The van der Waals surface area contributed by atoms with Crippen molar-refractivity contribution in [2.24, 2.45) is 5.41 Å². The van der Waals surface area contributed by atoms with E-state index in [2.05, 4.69) is 116 Å². The summed E-state index contributed by atoms with van der Waals surface area (Å²) in [4.78, 5) is 15.8. The first kappa shape index (κ1) is 21.7. The number of hydrogen-bond donors (Lipinski definition) is 1. The lowest BCUT2D eigenvalue weighted by Crippen LogP contribution is -2.33. The number of benzene rings is 4. The third kappa shape index (κ3) is 3.72. The summed E-state index contributed by atoms with van der Waals surface area (Å²) in [6.07, 6.45) is 1.49. The standard InChI is InChI=1S/C32H30N2O/c1-32(2)19-26-29-25-12-8-7-9-21(25)15-18-27(29)33-31(30(26)28(35)20-32)22-13-16-24(17-14-22)34(3)23-10-5-4-6-11-23/h4-18,31,33H,19-20H2,1-3H3. The first-order valence-electron chi connectivity index (χ1n) is 12.3. The Balaban J connectivity index is 1.46. The summed E-state index contributed by atoms with van der Waals surface area (Å²) in [5.74, 6) is 0.262. The molecule has 35 heavy (non-hydrogen) atoms. The molecule has 0 amide bonds. The zero-order chi connectivity index (χ0) is 24.2. The minimum absolute atomic E-state index is 0.0473. The number of rotatable bonds is 3. The molecule has 1 atom stereocenters. The molecule has 0 spiro atoms. The fourth-order valence-corrected chi connectivity index (χ4v) is 5.78. The largest absolute Gasteiger partial charge is 0.373 e. The van der Waals surface area contributed by atoms with Gasteiger partial charge in [-0.1, -0.05) is 74.5 Å². The molecule has 0 fully saturated rings. The minimum atomic E-state index is -0.140. The van der Waals surface area contributed by atoms with Crippen LogP contribution in [0.25, 0.3) is 16.3 Å². The van der Waals surface area contributed by atoms with E-state index >= 15 is 0 Å². The highest BCUT2D eigenvalue weighted by Crippen LogP contribution is 2.52. The van der Waals surface area contributed by atoms with Crippen molar-refractivity contribution < 1.29 is 4.79 Å². The molecule has 3 nitrogen and oxygen atoms in total. The molecule has 0 bridgehead atoms. The molecule has 1 aliphatic heterocycles. The van der Waals surface area contributed by atoms with Crippen LogP contribution in [-0.4, -0.2) is 12.8 Å². The molecule has 1 unspecified atom stereocenters. The minimum Gasteiger partial charge on any atom is -0.373 e. The van der Waals surface area contributed by atoms with Crippen LogP contribution in [0.1, 0.15) is 43.9 Å². The third-order valence-electron chi connectivity index (χ3n) is 7.50. The van der Waals surface area contributed by atoms with Gasteiger partial charge in [0.25, 0.3) is 0 Å². The maximum Gasteiger partial charge on any atom is 0.162 e. The van der Waals surface area contributed by atoms with Gasteiger partial charge in [-0.2, -0.15) is 0 Å². The fourth-order valence-electron chi connectivity index (χ4n) is 5.78. The van der Waals surface area contributed by atoms with Crippen molar-refractivity contribution >= 4 is 39.2 Å². The lowest BCUT2D eigenvalue weighted by Gasteiger charge is -2.40. The van der Waals surface area contributed by atoms with E-state index in [1.54, 1.807) is 0 Å². The van der Waals surface area contributed by atoms with Gasteiger partial charge in [0.1, 0.15) is 0 Å². The van der Waals surface area contributed by atoms with E-state index < -0.39 is 0 Å². The number of fused-ring (bicyclic) bond motifs is 4. The number of allylic oxidation sites excluding steroid dienone is 1. The first-order chi connectivity index (χ1) is 16.9. The zero-order valence-corrected chi connectivity index (χ0v) is 20.5. The molecular formula is C32H30N2O. The smallest absolute Gasteiger partial charge is 0.162 e. The highest BCUT2D eigenvalue weighted by atomic mass is 16.1. The summed E-state index contributed by atoms with van der Waals surface area (Å²) in [6.45, 7) is 4.43. The van der Waals surface area contributed by atoms with Crippen LogP contribution in [0.3, 0.4) is 0 Å². The second-order valence-corrected chi connectivity index (χ2v) is 10.6. The number of ketones is 1. The van der Waals surface area contributed by atoms with E-state index in [-0.39, 0.29) is 17.2 Å². The van der Waals surface area contributed by atoms with Gasteiger partial charge in [-0.3, -0.25) is 4.79 Å². The number of nitrogens with zero attached hydrogens (tertiary/aromatic N) is 1. The van der Waals surface area contributed by atoms with Crippen LogP contribution in [0.15, 0.2) is 96.6 Å². The van der Waals surface area contributed by atoms with Gasteiger partial charge >= 0.3 is 0 Å². The van der Waals surface area contributed by atoms with Crippen molar-refractivity contribution in [1.82, 2.24) is 0 Å². The SMILES string of the molecule is CN(c1ccccc1)c1ccc(C2Nc3ccc4ccccc4c3C3=C2C(=O)CC(C)(C)C3)cc1. The van der Waals surface area contributed by atoms with Crippen molar-refractivity contribution in [3.05, 3.63) is 108 Å². The Kier molecular flexibility index (Phi) is 5.03. The predicted octanol–water partition coefficient (Wildman–Crippen LogP) is 7.92. The van der Waals surface area contributed by atoms with Gasteiger partial charge in [0.05, 0.1) is 6.04 Å². The highest BCUT2D eigenvalue weighted by Gasteiger charge is 2.40. The predicted molar refractivity (Wildman–Crippen MR) is 146 cm³/mol. The Bertz CT molecular complexity index is 1460. The second kappa shape index (κ2) is 8.13. The van der Waals surface area contributed by atoms with Crippen molar-refractivity contribution in [1.29, 1.82) is 0 Å². The Morgan fingerprint density at radius 1 is 0.800 bits per heavy atom. The van der Waals surface area contributed by atoms with Crippen LogP contribution in [0, 0.1) is 5.41 Å².